The molecule has 9 heteroatoms. The lowest BCUT2D eigenvalue weighted by molar-refractivity contribution is -0.121. The Labute approximate surface area is 171 Å². The van der Waals surface area contributed by atoms with Crippen LogP contribution < -0.4 is 15.6 Å². The van der Waals surface area contributed by atoms with Crippen molar-refractivity contribution in [3.05, 3.63) is 58.1 Å². The zero-order chi connectivity index (χ0) is 20.4. The maximum atomic E-state index is 12.4. The van der Waals surface area contributed by atoms with E-state index < -0.39 is 0 Å². The molecule has 1 amide bonds. The minimum Gasteiger partial charge on any atom is -0.497 e. The third-order valence-corrected chi connectivity index (χ3v) is 5.72. The Morgan fingerprint density at radius 3 is 3.07 bits per heavy atom. The summed E-state index contributed by atoms with van der Waals surface area (Å²) in [6.07, 6.45) is 0.214. The molecule has 2 aromatic heterocycles. The fourth-order valence-electron chi connectivity index (χ4n) is 3.20. The quantitative estimate of drug-likeness (QED) is 0.621. The van der Waals surface area contributed by atoms with E-state index in [-0.39, 0.29) is 30.5 Å². The number of hydrogen-bond donors (Lipinski definition) is 1. The predicted molar refractivity (Wildman–Crippen MR) is 108 cm³/mol. The first-order valence-electron chi connectivity index (χ1n) is 9.13. The molecule has 4 rings (SSSR count). The fraction of sp³-hybridized carbons (Fsp3) is 0.300. The van der Waals surface area contributed by atoms with E-state index in [1.165, 1.54) is 17.8 Å². The topological polar surface area (TPSA) is 99.2 Å². The molecule has 0 spiro atoms. The van der Waals surface area contributed by atoms with Crippen LogP contribution in [0, 0.1) is 6.92 Å². The van der Waals surface area contributed by atoms with Crippen LogP contribution >= 0.6 is 11.8 Å². The number of methoxy groups -OCH3 is 1. The van der Waals surface area contributed by atoms with Crippen LogP contribution in [0.1, 0.15) is 23.9 Å². The second-order valence-corrected chi connectivity index (χ2v) is 7.74. The summed E-state index contributed by atoms with van der Waals surface area (Å²) >= 11 is 1.50. The molecule has 0 saturated heterocycles. The summed E-state index contributed by atoms with van der Waals surface area (Å²) in [5.74, 6) is 1.83. The van der Waals surface area contributed by atoms with E-state index in [4.69, 9.17) is 9.26 Å². The highest BCUT2D eigenvalue weighted by Gasteiger charge is 2.27. The zero-order valence-corrected chi connectivity index (χ0v) is 16.9. The largest absolute Gasteiger partial charge is 0.497 e. The summed E-state index contributed by atoms with van der Waals surface area (Å²) in [4.78, 5) is 29.0. The Bertz CT molecular complexity index is 1110. The molecule has 0 bridgehead atoms. The third kappa shape index (κ3) is 4.19. The molecule has 0 radical (unpaired) electrons. The Morgan fingerprint density at radius 1 is 1.38 bits per heavy atom. The first kappa shape index (κ1) is 19.3. The van der Waals surface area contributed by atoms with E-state index in [0.717, 1.165) is 11.3 Å². The van der Waals surface area contributed by atoms with Crippen molar-refractivity contribution in [1.29, 1.82) is 0 Å². The number of fused-ring (bicyclic) bond motifs is 1. The van der Waals surface area contributed by atoms with Crippen molar-refractivity contribution in [2.75, 3.05) is 12.9 Å². The number of amides is 1. The van der Waals surface area contributed by atoms with Gasteiger partial charge in [-0.05, 0) is 19.1 Å². The number of benzene rings is 1. The van der Waals surface area contributed by atoms with Crippen LogP contribution in [0.15, 0.2) is 50.9 Å². The molecular formula is C20H20N4O4S. The molecule has 1 aliphatic heterocycles. The summed E-state index contributed by atoms with van der Waals surface area (Å²) in [6.45, 7) is 2.04. The van der Waals surface area contributed by atoms with Crippen LogP contribution in [0.25, 0.3) is 11.3 Å². The lowest BCUT2D eigenvalue weighted by atomic mass is 10.1. The van der Waals surface area contributed by atoms with Gasteiger partial charge in [0.2, 0.25) is 5.91 Å². The van der Waals surface area contributed by atoms with Gasteiger partial charge in [0.25, 0.3) is 5.56 Å². The van der Waals surface area contributed by atoms with Crippen LogP contribution in [0.3, 0.4) is 0 Å². The first-order valence-corrected chi connectivity index (χ1v) is 10.1. The molecule has 0 saturated carbocycles. The Hall–Kier alpha value is -3.07. The minimum absolute atomic E-state index is 0.116. The van der Waals surface area contributed by atoms with Gasteiger partial charge in [0, 0.05) is 35.6 Å². The molecule has 0 aliphatic carbocycles. The van der Waals surface area contributed by atoms with Crippen LogP contribution in [-0.2, 0) is 11.3 Å². The van der Waals surface area contributed by atoms with Crippen LogP contribution in [-0.4, -0.2) is 33.5 Å². The Kier molecular flexibility index (Phi) is 5.39. The maximum Gasteiger partial charge on any atom is 0.254 e. The lowest BCUT2D eigenvalue weighted by Crippen LogP contribution is -2.30. The highest BCUT2D eigenvalue weighted by atomic mass is 32.2. The SMILES string of the molecule is COc1cccc(-c2cc(CNC(=O)CC3CSc4nc(C)cc(=O)n43)no2)c1. The minimum atomic E-state index is -0.194. The molecule has 1 atom stereocenters. The number of rotatable bonds is 6. The second-order valence-electron chi connectivity index (χ2n) is 6.75. The van der Waals surface area contributed by atoms with Gasteiger partial charge < -0.3 is 14.6 Å². The molecule has 3 aromatic rings. The van der Waals surface area contributed by atoms with Gasteiger partial charge in [-0.3, -0.25) is 14.2 Å². The van der Waals surface area contributed by atoms with Crippen LogP contribution in [0.5, 0.6) is 5.75 Å². The summed E-state index contributed by atoms with van der Waals surface area (Å²) in [5.41, 5.74) is 2.04. The zero-order valence-electron chi connectivity index (χ0n) is 16.0. The van der Waals surface area contributed by atoms with Crippen molar-refractivity contribution in [2.24, 2.45) is 0 Å². The molecule has 29 heavy (non-hydrogen) atoms. The number of thioether (sulfide) groups is 1. The van der Waals surface area contributed by atoms with Gasteiger partial charge in [0.1, 0.15) is 11.4 Å². The number of carbonyl (C=O) groups excluding carboxylic acids is 1. The van der Waals surface area contributed by atoms with Gasteiger partial charge in [-0.25, -0.2) is 4.98 Å². The van der Waals surface area contributed by atoms with E-state index in [1.807, 2.05) is 24.3 Å². The lowest BCUT2D eigenvalue weighted by Gasteiger charge is -2.12. The van der Waals surface area contributed by atoms with Crippen molar-refractivity contribution in [1.82, 2.24) is 20.0 Å². The van der Waals surface area contributed by atoms with E-state index in [9.17, 15) is 9.59 Å². The highest BCUT2D eigenvalue weighted by molar-refractivity contribution is 7.99. The molecule has 1 aromatic carbocycles. The van der Waals surface area contributed by atoms with E-state index in [2.05, 4.69) is 15.5 Å². The summed E-state index contributed by atoms with van der Waals surface area (Å²) in [6, 6.07) is 10.6. The third-order valence-electron chi connectivity index (χ3n) is 4.62. The van der Waals surface area contributed by atoms with Gasteiger partial charge in [-0.1, -0.05) is 29.1 Å². The smallest absolute Gasteiger partial charge is 0.254 e. The number of nitrogens with one attached hydrogen (secondary N) is 1. The summed E-state index contributed by atoms with van der Waals surface area (Å²) < 4.78 is 12.2. The summed E-state index contributed by atoms with van der Waals surface area (Å²) in [5, 5.41) is 7.53. The number of carbonyl (C=O) groups is 1. The highest BCUT2D eigenvalue weighted by Crippen LogP contribution is 2.32. The monoisotopic (exact) mass is 412 g/mol. The molecule has 1 N–H and O–H groups in total. The number of nitrogens with zero attached hydrogens (tertiary/aromatic N) is 3. The maximum absolute atomic E-state index is 12.4. The van der Waals surface area contributed by atoms with Crippen molar-refractivity contribution in [3.8, 4) is 17.1 Å². The van der Waals surface area contributed by atoms with Gasteiger partial charge in [0.15, 0.2) is 10.9 Å². The van der Waals surface area contributed by atoms with Gasteiger partial charge >= 0.3 is 0 Å². The Balaban J connectivity index is 1.37. The average Bonchev–Trinajstić information content (AvgIpc) is 3.34. The molecule has 1 unspecified atom stereocenters. The fourth-order valence-corrected chi connectivity index (χ4v) is 4.39. The molecule has 3 heterocycles. The average molecular weight is 412 g/mol. The van der Waals surface area contributed by atoms with Crippen molar-refractivity contribution < 1.29 is 14.1 Å². The number of hydrogen-bond acceptors (Lipinski definition) is 7. The summed E-state index contributed by atoms with van der Waals surface area (Å²) in [7, 11) is 1.60. The van der Waals surface area contributed by atoms with Gasteiger partial charge in [0.05, 0.1) is 19.7 Å². The van der Waals surface area contributed by atoms with E-state index in [0.29, 0.717) is 28.1 Å². The number of aryl methyl sites for hydroxylation is 1. The molecule has 0 fully saturated rings. The molecule has 150 valence electrons. The molecule has 1 aliphatic rings. The predicted octanol–water partition coefficient (Wildman–Crippen LogP) is 2.57. The standard InChI is InChI=1S/C20H20N4O4S/c1-12-6-19(26)24-15(11-29-20(24)22-12)9-18(25)21-10-14-8-17(28-23-14)13-4-3-5-16(7-13)27-2/h3-8,15H,9-11H2,1-2H3,(H,21,25). The number of aromatic nitrogens is 3. The van der Waals surface area contributed by atoms with Crippen molar-refractivity contribution >= 4 is 17.7 Å². The molecular weight excluding hydrogens is 392 g/mol. The van der Waals surface area contributed by atoms with Crippen molar-refractivity contribution in [2.45, 2.75) is 31.1 Å². The first-order chi connectivity index (χ1) is 14.0. The van der Waals surface area contributed by atoms with E-state index in [1.54, 1.807) is 24.7 Å². The second kappa shape index (κ2) is 8.12. The Morgan fingerprint density at radius 2 is 2.24 bits per heavy atom. The van der Waals surface area contributed by atoms with Gasteiger partial charge in [-0.15, -0.1) is 0 Å². The van der Waals surface area contributed by atoms with Crippen molar-refractivity contribution in [3.63, 3.8) is 0 Å². The molecule has 8 nitrogen and oxygen atoms in total. The van der Waals surface area contributed by atoms with Gasteiger partial charge in [-0.2, -0.15) is 0 Å². The normalized spacial score (nSPS) is 15.2. The van der Waals surface area contributed by atoms with Crippen LogP contribution in [0.4, 0.5) is 0 Å². The van der Waals surface area contributed by atoms with Crippen LogP contribution in [0.2, 0.25) is 0 Å². The van der Waals surface area contributed by atoms with E-state index >= 15 is 0 Å². The number of ether oxygens (including phenoxy) is 1.